The summed E-state index contributed by atoms with van der Waals surface area (Å²) < 4.78 is 63.9. The fourth-order valence-electron chi connectivity index (χ4n) is 1.11. The molecule has 1 aromatic heterocycles. The highest BCUT2D eigenvalue weighted by Crippen LogP contribution is 2.36. The van der Waals surface area contributed by atoms with E-state index in [2.05, 4.69) is 9.72 Å². The Labute approximate surface area is 95.4 Å². The van der Waals surface area contributed by atoms with Crippen LogP contribution < -0.4 is 4.74 Å². The van der Waals surface area contributed by atoms with Gasteiger partial charge in [0.05, 0.1) is 11.8 Å². The summed E-state index contributed by atoms with van der Waals surface area (Å²) in [5.74, 6) is -4.94. The largest absolute Gasteiger partial charge is 0.574 e. The van der Waals surface area contributed by atoms with Gasteiger partial charge in [-0.15, -0.1) is 13.2 Å². The maximum Gasteiger partial charge on any atom is 0.574 e. The molecule has 5 nitrogen and oxygen atoms in total. The minimum Gasteiger partial charge on any atom is -0.506 e. The molecule has 0 unspecified atom stereocenters. The molecule has 0 amide bonds. The number of ether oxygens (including phenoxy) is 1. The number of aromatic nitrogens is 1. The Bertz CT molecular complexity index is 473. The fraction of sp³-hybridized carbons (Fsp3) is 0.250. The Morgan fingerprint density at radius 3 is 2.33 bits per heavy atom. The number of carboxylic acid groups (broad SMARTS) is 1. The van der Waals surface area contributed by atoms with Gasteiger partial charge in [-0.25, -0.2) is 18.6 Å². The molecule has 1 aromatic rings. The quantitative estimate of drug-likeness (QED) is 0.826. The molecule has 0 bridgehead atoms. The molecule has 0 aliphatic rings. The number of nitrogens with zero attached hydrogens (tertiary/aromatic N) is 1. The Kier molecular flexibility index (Phi) is 3.58. The van der Waals surface area contributed by atoms with Crippen LogP contribution in [0.15, 0.2) is 6.20 Å². The van der Waals surface area contributed by atoms with Crippen molar-refractivity contribution in [1.29, 1.82) is 0 Å². The van der Waals surface area contributed by atoms with E-state index >= 15 is 0 Å². The summed E-state index contributed by atoms with van der Waals surface area (Å²) in [6.07, 6.45) is -8.56. The van der Waals surface area contributed by atoms with Gasteiger partial charge in [0.15, 0.2) is 0 Å². The van der Waals surface area contributed by atoms with Gasteiger partial charge in [-0.05, 0) is 0 Å². The van der Waals surface area contributed by atoms with E-state index in [9.17, 15) is 26.7 Å². The monoisotopic (exact) mass is 273 g/mol. The van der Waals surface area contributed by atoms with Crippen molar-refractivity contribution in [2.45, 2.75) is 12.8 Å². The molecular weight excluding hydrogens is 269 g/mol. The lowest BCUT2D eigenvalue weighted by atomic mass is 10.1. The van der Waals surface area contributed by atoms with Crippen molar-refractivity contribution in [3.05, 3.63) is 17.3 Å². The summed E-state index contributed by atoms with van der Waals surface area (Å²) in [4.78, 5) is 13.5. The molecule has 10 heteroatoms. The molecule has 1 rings (SSSR count). The van der Waals surface area contributed by atoms with Crippen molar-refractivity contribution < 1.29 is 41.7 Å². The van der Waals surface area contributed by atoms with Gasteiger partial charge >= 0.3 is 12.3 Å². The molecule has 0 saturated carbocycles. The minimum absolute atomic E-state index is 0.245. The summed E-state index contributed by atoms with van der Waals surface area (Å²) in [7, 11) is 0. The van der Waals surface area contributed by atoms with E-state index in [1.165, 1.54) is 0 Å². The molecular formula is C8H4F5NO4. The van der Waals surface area contributed by atoms with Crippen LogP contribution in [0.1, 0.15) is 22.3 Å². The highest BCUT2D eigenvalue weighted by Gasteiger charge is 2.36. The molecule has 0 saturated heterocycles. The summed E-state index contributed by atoms with van der Waals surface area (Å²) >= 11 is 0. The van der Waals surface area contributed by atoms with Gasteiger partial charge in [0.2, 0.25) is 5.88 Å². The SMILES string of the molecule is O=C(O)c1c(OC(F)(F)F)ncc(O)c1C(F)F. The molecule has 0 spiro atoms. The Morgan fingerprint density at radius 2 is 1.94 bits per heavy atom. The smallest absolute Gasteiger partial charge is 0.506 e. The molecule has 18 heavy (non-hydrogen) atoms. The average molecular weight is 273 g/mol. The molecule has 0 atom stereocenters. The minimum atomic E-state index is -5.30. The lowest BCUT2D eigenvalue weighted by Gasteiger charge is -2.13. The van der Waals surface area contributed by atoms with Crippen LogP contribution in [0.2, 0.25) is 0 Å². The lowest BCUT2D eigenvalue weighted by molar-refractivity contribution is -0.276. The van der Waals surface area contributed by atoms with Gasteiger partial charge in [-0.2, -0.15) is 0 Å². The second-order valence-corrected chi connectivity index (χ2v) is 2.89. The van der Waals surface area contributed by atoms with E-state index in [1.807, 2.05) is 0 Å². The van der Waals surface area contributed by atoms with Crippen molar-refractivity contribution in [1.82, 2.24) is 4.98 Å². The van der Waals surface area contributed by atoms with Crippen molar-refractivity contribution in [3.8, 4) is 11.6 Å². The predicted octanol–water partition coefficient (Wildman–Crippen LogP) is 2.32. The van der Waals surface area contributed by atoms with E-state index in [0.717, 1.165) is 0 Å². The zero-order chi connectivity index (χ0) is 14.1. The van der Waals surface area contributed by atoms with Crippen LogP contribution in [-0.4, -0.2) is 27.5 Å². The zero-order valence-corrected chi connectivity index (χ0v) is 8.20. The zero-order valence-electron chi connectivity index (χ0n) is 8.20. The number of rotatable bonds is 3. The normalized spacial score (nSPS) is 11.7. The van der Waals surface area contributed by atoms with Crippen molar-refractivity contribution in [2.24, 2.45) is 0 Å². The number of carbonyl (C=O) groups is 1. The number of aromatic hydroxyl groups is 1. The van der Waals surface area contributed by atoms with E-state index in [-0.39, 0.29) is 6.20 Å². The lowest BCUT2D eigenvalue weighted by Crippen LogP contribution is -2.21. The fourth-order valence-corrected chi connectivity index (χ4v) is 1.11. The van der Waals surface area contributed by atoms with E-state index < -0.39 is 41.5 Å². The second kappa shape index (κ2) is 4.63. The predicted molar refractivity (Wildman–Crippen MR) is 44.5 cm³/mol. The number of alkyl halides is 5. The van der Waals surface area contributed by atoms with E-state index in [0.29, 0.717) is 0 Å². The van der Waals surface area contributed by atoms with Crippen LogP contribution in [0, 0.1) is 0 Å². The van der Waals surface area contributed by atoms with Gasteiger partial charge in [0, 0.05) is 0 Å². The number of hydrogen-bond acceptors (Lipinski definition) is 4. The summed E-state index contributed by atoms with van der Waals surface area (Å²) in [6, 6.07) is 0. The van der Waals surface area contributed by atoms with Crippen molar-refractivity contribution >= 4 is 5.97 Å². The van der Waals surface area contributed by atoms with Gasteiger partial charge in [-0.3, -0.25) is 0 Å². The Balaban J connectivity index is 3.44. The summed E-state index contributed by atoms with van der Waals surface area (Å²) in [5, 5.41) is 17.6. The van der Waals surface area contributed by atoms with Crippen LogP contribution in [0.4, 0.5) is 22.0 Å². The maximum atomic E-state index is 12.5. The van der Waals surface area contributed by atoms with E-state index in [4.69, 9.17) is 10.2 Å². The number of pyridine rings is 1. The number of hydrogen-bond donors (Lipinski definition) is 2. The third kappa shape index (κ3) is 2.96. The van der Waals surface area contributed by atoms with Gasteiger partial charge in [-0.1, -0.05) is 0 Å². The first-order valence-electron chi connectivity index (χ1n) is 4.12. The summed E-state index contributed by atoms with van der Waals surface area (Å²) in [6.45, 7) is 0. The van der Waals surface area contributed by atoms with E-state index in [1.54, 1.807) is 0 Å². The molecule has 2 N–H and O–H groups in total. The van der Waals surface area contributed by atoms with Crippen LogP contribution in [-0.2, 0) is 0 Å². The molecule has 0 radical (unpaired) electrons. The van der Waals surface area contributed by atoms with Gasteiger partial charge in [0.1, 0.15) is 11.3 Å². The van der Waals surface area contributed by atoms with Crippen LogP contribution >= 0.6 is 0 Å². The first-order valence-corrected chi connectivity index (χ1v) is 4.12. The van der Waals surface area contributed by atoms with Crippen LogP contribution in [0.3, 0.4) is 0 Å². The van der Waals surface area contributed by atoms with Crippen LogP contribution in [0.5, 0.6) is 11.6 Å². The standard InChI is InChI=1S/C8H4F5NO4/c9-5(10)3-2(15)1-14-6(4(3)7(16)17)18-8(11,12)13/h1,5,15H,(H,16,17). The number of halogens is 5. The molecule has 100 valence electrons. The highest BCUT2D eigenvalue weighted by molar-refractivity contribution is 5.92. The third-order valence-corrected chi connectivity index (χ3v) is 1.71. The summed E-state index contributed by atoms with van der Waals surface area (Å²) in [5.41, 5.74) is -3.03. The number of carboxylic acids is 1. The third-order valence-electron chi connectivity index (χ3n) is 1.71. The van der Waals surface area contributed by atoms with Crippen molar-refractivity contribution in [3.63, 3.8) is 0 Å². The number of aromatic carboxylic acids is 1. The average Bonchev–Trinajstić information content (AvgIpc) is 2.17. The second-order valence-electron chi connectivity index (χ2n) is 2.89. The van der Waals surface area contributed by atoms with Crippen molar-refractivity contribution in [2.75, 3.05) is 0 Å². The molecule has 0 aliphatic heterocycles. The van der Waals surface area contributed by atoms with Gasteiger partial charge < -0.3 is 14.9 Å². The molecule has 0 aliphatic carbocycles. The Hall–Kier alpha value is -2.13. The topological polar surface area (TPSA) is 79.7 Å². The van der Waals surface area contributed by atoms with Gasteiger partial charge in [0.25, 0.3) is 6.43 Å². The molecule has 0 aromatic carbocycles. The highest BCUT2D eigenvalue weighted by atomic mass is 19.4. The molecule has 0 fully saturated rings. The first kappa shape index (κ1) is 13.9. The molecule has 1 heterocycles. The maximum absolute atomic E-state index is 12.5. The first-order chi connectivity index (χ1) is 8.13. The van der Waals surface area contributed by atoms with Crippen LogP contribution in [0.25, 0.3) is 0 Å². The Morgan fingerprint density at radius 1 is 1.39 bits per heavy atom.